The molecular weight excluding hydrogens is 361 g/mol. The SMILES string of the molecule is COc1cccc(N2CCCC(NC(=O)C3(N)CCCC3)C2)c1.Cl.Cl. The zero-order chi connectivity index (χ0) is 16.3. The van der Waals surface area contributed by atoms with E-state index in [-0.39, 0.29) is 36.8 Å². The molecule has 3 N–H and O–H groups in total. The van der Waals surface area contributed by atoms with Crippen LogP contribution in [-0.4, -0.2) is 37.7 Å². The van der Waals surface area contributed by atoms with Crippen LogP contribution in [0, 0.1) is 0 Å². The van der Waals surface area contributed by atoms with Gasteiger partial charge in [0.2, 0.25) is 5.91 Å². The predicted molar refractivity (Wildman–Crippen MR) is 106 cm³/mol. The lowest BCUT2D eigenvalue weighted by molar-refractivity contribution is -0.126. The summed E-state index contributed by atoms with van der Waals surface area (Å²) in [6, 6.07) is 8.26. The van der Waals surface area contributed by atoms with Gasteiger partial charge in [0.1, 0.15) is 5.75 Å². The fourth-order valence-corrected chi connectivity index (χ4v) is 3.70. The van der Waals surface area contributed by atoms with Crippen molar-refractivity contribution in [2.45, 2.75) is 50.1 Å². The Hall–Kier alpha value is -1.17. The van der Waals surface area contributed by atoms with Crippen molar-refractivity contribution >= 4 is 36.4 Å². The van der Waals surface area contributed by atoms with Gasteiger partial charge in [0, 0.05) is 30.9 Å². The van der Waals surface area contributed by atoms with E-state index in [0.717, 1.165) is 63.1 Å². The van der Waals surface area contributed by atoms with E-state index in [9.17, 15) is 4.79 Å². The zero-order valence-corrected chi connectivity index (χ0v) is 16.3. The number of nitrogens with one attached hydrogen (secondary N) is 1. The molecule has 2 aliphatic rings. The number of anilines is 1. The molecule has 142 valence electrons. The fourth-order valence-electron chi connectivity index (χ4n) is 3.70. The van der Waals surface area contributed by atoms with Crippen LogP contribution in [0.4, 0.5) is 5.69 Å². The van der Waals surface area contributed by atoms with Crippen LogP contribution >= 0.6 is 24.8 Å². The second-order valence-electron chi connectivity index (χ2n) is 6.82. The first-order valence-corrected chi connectivity index (χ1v) is 8.59. The molecule has 1 saturated heterocycles. The van der Waals surface area contributed by atoms with Crippen molar-refractivity contribution in [2.75, 3.05) is 25.1 Å². The molecule has 1 aromatic rings. The van der Waals surface area contributed by atoms with E-state index in [1.165, 1.54) is 0 Å². The third-order valence-corrected chi connectivity index (χ3v) is 5.12. The minimum Gasteiger partial charge on any atom is -0.497 e. The molecule has 0 bridgehead atoms. The van der Waals surface area contributed by atoms with Crippen molar-refractivity contribution in [1.82, 2.24) is 5.32 Å². The van der Waals surface area contributed by atoms with E-state index in [4.69, 9.17) is 10.5 Å². The zero-order valence-electron chi connectivity index (χ0n) is 14.7. The minimum atomic E-state index is -0.641. The quantitative estimate of drug-likeness (QED) is 0.830. The lowest BCUT2D eigenvalue weighted by Gasteiger charge is -2.36. The second-order valence-corrected chi connectivity index (χ2v) is 6.82. The smallest absolute Gasteiger partial charge is 0.240 e. The topological polar surface area (TPSA) is 67.6 Å². The number of carbonyl (C=O) groups is 1. The van der Waals surface area contributed by atoms with E-state index < -0.39 is 5.54 Å². The molecule has 3 rings (SSSR count). The molecule has 1 aromatic carbocycles. The van der Waals surface area contributed by atoms with E-state index >= 15 is 0 Å². The number of rotatable bonds is 4. The summed E-state index contributed by atoms with van der Waals surface area (Å²) in [5.74, 6) is 0.896. The van der Waals surface area contributed by atoms with Gasteiger partial charge >= 0.3 is 0 Å². The van der Waals surface area contributed by atoms with Gasteiger partial charge in [0.25, 0.3) is 0 Å². The normalized spacial score (nSPS) is 21.7. The summed E-state index contributed by atoms with van der Waals surface area (Å²) in [5, 5.41) is 3.19. The summed E-state index contributed by atoms with van der Waals surface area (Å²) < 4.78 is 5.30. The molecule has 1 saturated carbocycles. The Labute approximate surface area is 162 Å². The van der Waals surface area contributed by atoms with Crippen LogP contribution in [0.5, 0.6) is 5.75 Å². The Morgan fingerprint density at radius 2 is 2.00 bits per heavy atom. The highest BCUT2D eigenvalue weighted by molar-refractivity contribution is 5.86. The van der Waals surface area contributed by atoms with Crippen LogP contribution in [0.3, 0.4) is 0 Å². The minimum absolute atomic E-state index is 0. The maximum atomic E-state index is 12.5. The Bertz CT molecular complexity index is 565. The summed E-state index contributed by atoms with van der Waals surface area (Å²) in [6.45, 7) is 1.84. The summed E-state index contributed by atoms with van der Waals surface area (Å²) in [7, 11) is 1.68. The van der Waals surface area contributed by atoms with Gasteiger partial charge < -0.3 is 20.7 Å². The molecule has 1 aliphatic carbocycles. The summed E-state index contributed by atoms with van der Waals surface area (Å²) in [4.78, 5) is 14.8. The third kappa shape index (κ3) is 5.16. The van der Waals surface area contributed by atoms with Crippen molar-refractivity contribution in [2.24, 2.45) is 5.73 Å². The van der Waals surface area contributed by atoms with Gasteiger partial charge in [-0.05, 0) is 37.8 Å². The summed E-state index contributed by atoms with van der Waals surface area (Å²) in [5.41, 5.74) is 6.77. The van der Waals surface area contributed by atoms with Gasteiger partial charge in [-0.2, -0.15) is 0 Å². The molecule has 5 nitrogen and oxygen atoms in total. The third-order valence-electron chi connectivity index (χ3n) is 5.12. The number of methoxy groups -OCH3 is 1. The Balaban J connectivity index is 0.00000156. The number of amides is 1. The van der Waals surface area contributed by atoms with Crippen LogP contribution in [0.2, 0.25) is 0 Å². The molecule has 2 fully saturated rings. The lowest BCUT2D eigenvalue weighted by Crippen LogP contribution is -2.57. The number of benzene rings is 1. The van der Waals surface area contributed by atoms with E-state index in [2.05, 4.69) is 16.3 Å². The highest BCUT2D eigenvalue weighted by Crippen LogP contribution is 2.28. The molecule has 0 aromatic heterocycles. The largest absolute Gasteiger partial charge is 0.497 e. The molecule has 0 spiro atoms. The average molecular weight is 390 g/mol. The monoisotopic (exact) mass is 389 g/mol. The molecule has 1 amide bonds. The molecule has 1 aliphatic heterocycles. The van der Waals surface area contributed by atoms with Gasteiger partial charge in [-0.3, -0.25) is 4.79 Å². The molecule has 0 radical (unpaired) electrons. The van der Waals surface area contributed by atoms with Crippen LogP contribution in [0.1, 0.15) is 38.5 Å². The fraction of sp³-hybridized carbons (Fsp3) is 0.611. The number of carbonyl (C=O) groups excluding carboxylic acids is 1. The van der Waals surface area contributed by atoms with Crippen LogP contribution in [0.15, 0.2) is 24.3 Å². The number of piperidine rings is 1. The maximum Gasteiger partial charge on any atom is 0.240 e. The molecule has 1 atom stereocenters. The predicted octanol–water partition coefficient (Wildman–Crippen LogP) is 2.90. The first-order valence-electron chi connectivity index (χ1n) is 8.59. The van der Waals surface area contributed by atoms with Crippen molar-refractivity contribution in [3.63, 3.8) is 0 Å². The standard InChI is InChI=1S/C18H27N3O2.2ClH/c1-23-16-8-4-7-15(12-16)21-11-5-6-14(13-21)20-17(22)18(19)9-2-3-10-18;;/h4,7-8,12,14H,2-3,5-6,9-11,13,19H2,1H3,(H,20,22);2*1H. The Morgan fingerprint density at radius 1 is 1.28 bits per heavy atom. The molecule has 1 unspecified atom stereocenters. The average Bonchev–Trinajstić information content (AvgIpc) is 3.03. The van der Waals surface area contributed by atoms with Gasteiger partial charge in [0.15, 0.2) is 0 Å². The number of nitrogens with two attached hydrogens (primary N) is 1. The van der Waals surface area contributed by atoms with Gasteiger partial charge in [0.05, 0.1) is 12.6 Å². The van der Waals surface area contributed by atoms with E-state index in [1.807, 2.05) is 18.2 Å². The molecular formula is C18H29Cl2N3O2. The Morgan fingerprint density at radius 3 is 2.68 bits per heavy atom. The Kier molecular flexibility index (Phi) is 8.32. The number of hydrogen-bond donors (Lipinski definition) is 2. The highest BCUT2D eigenvalue weighted by atomic mass is 35.5. The van der Waals surface area contributed by atoms with Crippen LogP contribution in [-0.2, 0) is 4.79 Å². The molecule has 25 heavy (non-hydrogen) atoms. The summed E-state index contributed by atoms with van der Waals surface area (Å²) in [6.07, 6.45) is 5.83. The van der Waals surface area contributed by atoms with Crippen LogP contribution < -0.4 is 20.7 Å². The highest BCUT2D eigenvalue weighted by Gasteiger charge is 2.38. The first-order chi connectivity index (χ1) is 11.1. The van der Waals surface area contributed by atoms with E-state index in [0.29, 0.717) is 0 Å². The lowest BCUT2D eigenvalue weighted by atomic mass is 9.96. The van der Waals surface area contributed by atoms with Gasteiger partial charge in [-0.15, -0.1) is 24.8 Å². The van der Waals surface area contributed by atoms with E-state index in [1.54, 1.807) is 7.11 Å². The number of hydrogen-bond acceptors (Lipinski definition) is 4. The van der Waals surface area contributed by atoms with Crippen LogP contribution in [0.25, 0.3) is 0 Å². The number of ether oxygens (including phenoxy) is 1. The van der Waals surface area contributed by atoms with Gasteiger partial charge in [-0.1, -0.05) is 18.9 Å². The number of nitrogens with zero attached hydrogens (tertiary/aromatic N) is 1. The van der Waals surface area contributed by atoms with Gasteiger partial charge in [-0.25, -0.2) is 0 Å². The van der Waals surface area contributed by atoms with Crippen molar-refractivity contribution in [3.8, 4) is 5.75 Å². The first kappa shape index (κ1) is 21.9. The maximum absolute atomic E-state index is 12.5. The van der Waals surface area contributed by atoms with Crippen molar-refractivity contribution in [3.05, 3.63) is 24.3 Å². The molecule has 1 heterocycles. The van der Waals surface area contributed by atoms with Crippen molar-refractivity contribution in [1.29, 1.82) is 0 Å². The van der Waals surface area contributed by atoms with Crippen molar-refractivity contribution < 1.29 is 9.53 Å². The molecule has 7 heteroatoms. The summed E-state index contributed by atoms with van der Waals surface area (Å²) >= 11 is 0. The second kappa shape index (κ2) is 9.51. The number of halogens is 2.